The van der Waals surface area contributed by atoms with Gasteiger partial charge in [0.05, 0.1) is 11.4 Å². The lowest BCUT2D eigenvalue weighted by Gasteiger charge is -2.11. The number of hydrogen-bond acceptors (Lipinski definition) is 5. The molecule has 5 heteroatoms. The molecule has 1 aromatic heterocycles. The molecule has 2 rings (SSSR count). The zero-order chi connectivity index (χ0) is 13.8. The van der Waals surface area contributed by atoms with Crippen LogP contribution in [0.4, 0.5) is 11.6 Å². The van der Waals surface area contributed by atoms with Crippen LogP contribution >= 0.6 is 0 Å². The number of nitrogens with two attached hydrogens (primary N) is 1. The average molecular weight is 255 g/mol. The van der Waals surface area contributed by atoms with Gasteiger partial charge in [-0.25, -0.2) is 4.98 Å². The van der Waals surface area contributed by atoms with E-state index in [2.05, 4.69) is 44.3 Å². The summed E-state index contributed by atoms with van der Waals surface area (Å²) in [6.07, 6.45) is 3.88. The lowest BCUT2D eigenvalue weighted by molar-refractivity contribution is 0.932. The summed E-state index contributed by atoms with van der Waals surface area (Å²) in [7, 11) is 4.03. The SMILES string of the molecule is Cc1nnc(N)nc1/C=C/c1ccc(N(C)C)cc1. The first-order valence-corrected chi connectivity index (χ1v) is 5.98. The summed E-state index contributed by atoms with van der Waals surface area (Å²) in [5.74, 6) is 0.188. The summed E-state index contributed by atoms with van der Waals surface area (Å²) in [5.41, 5.74) is 9.29. The maximum absolute atomic E-state index is 5.53. The maximum Gasteiger partial charge on any atom is 0.240 e. The number of nitrogen functional groups attached to an aromatic ring is 1. The standard InChI is InChI=1S/C14H17N5/c1-10-13(16-14(15)18-17-10)9-6-11-4-7-12(8-5-11)19(2)3/h4-9H,1-3H3,(H2,15,16,18)/b9-6+. The molecule has 0 aliphatic heterocycles. The van der Waals surface area contributed by atoms with Crippen molar-refractivity contribution < 1.29 is 0 Å². The van der Waals surface area contributed by atoms with Crippen molar-refractivity contribution in [3.05, 3.63) is 41.2 Å². The lowest BCUT2D eigenvalue weighted by Crippen LogP contribution is -2.07. The second kappa shape index (κ2) is 5.48. The minimum absolute atomic E-state index is 0.188. The predicted molar refractivity (Wildman–Crippen MR) is 78.7 cm³/mol. The van der Waals surface area contributed by atoms with Crippen molar-refractivity contribution in [2.24, 2.45) is 0 Å². The van der Waals surface area contributed by atoms with Crippen LogP contribution in [0.5, 0.6) is 0 Å². The van der Waals surface area contributed by atoms with Gasteiger partial charge >= 0.3 is 0 Å². The van der Waals surface area contributed by atoms with Gasteiger partial charge in [0.1, 0.15) is 0 Å². The van der Waals surface area contributed by atoms with Crippen LogP contribution in [0.15, 0.2) is 24.3 Å². The van der Waals surface area contributed by atoms with E-state index in [9.17, 15) is 0 Å². The summed E-state index contributed by atoms with van der Waals surface area (Å²) in [4.78, 5) is 6.20. The Morgan fingerprint density at radius 1 is 1.05 bits per heavy atom. The van der Waals surface area contributed by atoms with Crippen LogP contribution in [0.1, 0.15) is 17.0 Å². The van der Waals surface area contributed by atoms with Crippen molar-refractivity contribution in [1.29, 1.82) is 0 Å². The number of aromatic nitrogens is 3. The molecule has 19 heavy (non-hydrogen) atoms. The number of rotatable bonds is 3. The van der Waals surface area contributed by atoms with Crippen molar-refractivity contribution in [3.63, 3.8) is 0 Å². The fourth-order valence-electron chi connectivity index (χ4n) is 1.62. The fourth-order valence-corrected chi connectivity index (χ4v) is 1.62. The summed E-state index contributed by atoms with van der Waals surface area (Å²) in [5, 5.41) is 7.64. The van der Waals surface area contributed by atoms with Crippen molar-refractivity contribution in [2.45, 2.75) is 6.92 Å². The van der Waals surface area contributed by atoms with Gasteiger partial charge in [0, 0.05) is 19.8 Å². The highest BCUT2D eigenvalue weighted by Gasteiger charge is 1.99. The largest absolute Gasteiger partial charge is 0.378 e. The van der Waals surface area contributed by atoms with Crippen LogP contribution in [0.3, 0.4) is 0 Å². The molecule has 0 bridgehead atoms. The number of nitrogens with zero attached hydrogens (tertiary/aromatic N) is 4. The van der Waals surface area contributed by atoms with Gasteiger partial charge in [0.25, 0.3) is 0 Å². The number of anilines is 2. The molecule has 0 unspecified atom stereocenters. The molecule has 98 valence electrons. The monoisotopic (exact) mass is 255 g/mol. The first-order valence-electron chi connectivity index (χ1n) is 5.98. The van der Waals surface area contributed by atoms with Crippen molar-refractivity contribution in [3.8, 4) is 0 Å². The van der Waals surface area contributed by atoms with Gasteiger partial charge in [0.15, 0.2) is 0 Å². The van der Waals surface area contributed by atoms with Gasteiger partial charge in [-0.15, -0.1) is 10.2 Å². The summed E-state index contributed by atoms with van der Waals surface area (Å²) in [6.45, 7) is 1.86. The Labute approximate surface area is 112 Å². The van der Waals surface area contributed by atoms with Gasteiger partial charge in [-0.1, -0.05) is 18.2 Å². The highest BCUT2D eigenvalue weighted by atomic mass is 15.2. The van der Waals surface area contributed by atoms with E-state index < -0.39 is 0 Å². The van der Waals surface area contributed by atoms with Crippen LogP contribution in [0, 0.1) is 6.92 Å². The van der Waals surface area contributed by atoms with Crippen molar-refractivity contribution in [1.82, 2.24) is 15.2 Å². The molecule has 1 aromatic carbocycles. The number of aryl methyl sites for hydroxylation is 1. The van der Waals surface area contributed by atoms with Crippen LogP contribution in [0.25, 0.3) is 12.2 Å². The van der Waals surface area contributed by atoms with Crippen LogP contribution < -0.4 is 10.6 Å². The third-order valence-corrected chi connectivity index (χ3v) is 2.75. The van der Waals surface area contributed by atoms with E-state index in [-0.39, 0.29) is 5.95 Å². The first kappa shape index (κ1) is 13.0. The highest BCUT2D eigenvalue weighted by Crippen LogP contribution is 2.14. The molecule has 0 atom stereocenters. The fraction of sp³-hybridized carbons (Fsp3) is 0.214. The highest BCUT2D eigenvalue weighted by molar-refractivity contribution is 5.70. The molecular weight excluding hydrogens is 238 g/mol. The van der Waals surface area contributed by atoms with E-state index in [0.717, 1.165) is 17.0 Å². The zero-order valence-electron chi connectivity index (χ0n) is 11.3. The molecule has 2 aromatic rings. The maximum atomic E-state index is 5.53. The van der Waals surface area contributed by atoms with Gasteiger partial charge in [-0.05, 0) is 30.7 Å². The van der Waals surface area contributed by atoms with Crippen LogP contribution in [0.2, 0.25) is 0 Å². The third-order valence-electron chi connectivity index (χ3n) is 2.75. The molecule has 0 fully saturated rings. The molecule has 0 aliphatic carbocycles. The molecule has 0 saturated heterocycles. The smallest absolute Gasteiger partial charge is 0.240 e. The Bertz CT molecular complexity index is 587. The van der Waals surface area contributed by atoms with Gasteiger partial charge in [0.2, 0.25) is 5.95 Å². The van der Waals surface area contributed by atoms with Gasteiger partial charge in [-0.2, -0.15) is 0 Å². The molecule has 0 amide bonds. The van der Waals surface area contributed by atoms with Crippen LogP contribution in [-0.4, -0.2) is 29.3 Å². The normalized spacial score (nSPS) is 10.9. The molecule has 5 nitrogen and oxygen atoms in total. The van der Waals surface area contributed by atoms with Crippen molar-refractivity contribution >= 4 is 23.8 Å². The Balaban J connectivity index is 2.20. The Kier molecular flexibility index (Phi) is 3.75. The van der Waals surface area contributed by atoms with Crippen molar-refractivity contribution in [2.75, 3.05) is 24.7 Å². The molecule has 2 N–H and O–H groups in total. The Morgan fingerprint density at radius 2 is 1.74 bits per heavy atom. The number of benzene rings is 1. The Morgan fingerprint density at radius 3 is 2.37 bits per heavy atom. The van der Waals surface area contributed by atoms with E-state index in [1.807, 2.05) is 33.2 Å². The average Bonchev–Trinajstić information content (AvgIpc) is 2.40. The third kappa shape index (κ3) is 3.28. The summed E-state index contributed by atoms with van der Waals surface area (Å²) >= 11 is 0. The van der Waals surface area contributed by atoms with Gasteiger partial charge < -0.3 is 10.6 Å². The molecule has 0 spiro atoms. The first-order chi connectivity index (χ1) is 9.06. The van der Waals surface area contributed by atoms with E-state index in [1.54, 1.807) is 0 Å². The minimum atomic E-state index is 0.188. The molecule has 0 radical (unpaired) electrons. The van der Waals surface area contributed by atoms with E-state index in [1.165, 1.54) is 5.69 Å². The zero-order valence-corrected chi connectivity index (χ0v) is 11.3. The lowest BCUT2D eigenvalue weighted by atomic mass is 10.1. The quantitative estimate of drug-likeness (QED) is 0.908. The summed E-state index contributed by atoms with van der Waals surface area (Å²) in [6, 6.07) is 8.25. The van der Waals surface area contributed by atoms with E-state index in [4.69, 9.17) is 5.73 Å². The second-order valence-electron chi connectivity index (χ2n) is 4.46. The summed E-state index contributed by atoms with van der Waals surface area (Å²) < 4.78 is 0. The predicted octanol–water partition coefficient (Wildman–Crippen LogP) is 2.00. The van der Waals surface area contributed by atoms with Crippen LogP contribution in [-0.2, 0) is 0 Å². The topological polar surface area (TPSA) is 67.9 Å². The molecule has 0 saturated carbocycles. The Hall–Kier alpha value is -2.43. The molecule has 1 heterocycles. The van der Waals surface area contributed by atoms with E-state index in [0.29, 0.717) is 0 Å². The van der Waals surface area contributed by atoms with Gasteiger partial charge in [-0.3, -0.25) is 0 Å². The molecular formula is C14H17N5. The molecule has 0 aliphatic rings. The number of hydrogen-bond donors (Lipinski definition) is 1. The van der Waals surface area contributed by atoms with E-state index >= 15 is 0 Å². The second-order valence-corrected chi connectivity index (χ2v) is 4.46. The minimum Gasteiger partial charge on any atom is -0.378 e.